The first-order valence-corrected chi connectivity index (χ1v) is 9.32. The summed E-state index contributed by atoms with van der Waals surface area (Å²) in [7, 11) is 0. The van der Waals surface area contributed by atoms with Gasteiger partial charge in [0.1, 0.15) is 0 Å². The minimum Gasteiger partial charge on any atom is -0.381 e. The molecule has 6 nitrogen and oxygen atoms in total. The molecule has 0 radical (unpaired) electrons. The molecule has 1 aromatic rings. The van der Waals surface area contributed by atoms with Crippen molar-refractivity contribution in [2.75, 3.05) is 26.3 Å². The number of likely N-dealkylation sites (tertiary alicyclic amines) is 1. The van der Waals surface area contributed by atoms with Crippen LogP contribution < -0.4 is 0 Å². The van der Waals surface area contributed by atoms with Gasteiger partial charge in [-0.2, -0.15) is 4.98 Å². The van der Waals surface area contributed by atoms with Crippen molar-refractivity contribution in [1.82, 2.24) is 15.0 Å². The molecule has 0 N–H and O–H groups in total. The number of aromatic nitrogens is 2. The van der Waals surface area contributed by atoms with Crippen molar-refractivity contribution in [3.8, 4) is 0 Å². The van der Waals surface area contributed by atoms with Gasteiger partial charge in [0, 0.05) is 38.1 Å². The number of nitrogens with zero attached hydrogens (tertiary/aromatic N) is 3. The zero-order valence-corrected chi connectivity index (χ0v) is 14.5. The van der Waals surface area contributed by atoms with Crippen LogP contribution in [0.25, 0.3) is 0 Å². The number of hydrogen-bond acceptors (Lipinski definition) is 5. The van der Waals surface area contributed by atoms with E-state index >= 15 is 0 Å². The predicted molar refractivity (Wildman–Crippen MR) is 87.4 cm³/mol. The molecule has 3 heterocycles. The van der Waals surface area contributed by atoms with Crippen molar-refractivity contribution in [1.29, 1.82) is 0 Å². The molecule has 4 rings (SSSR count). The fraction of sp³-hybridized carbons (Fsp3) is 0.833. The molecule has 132 valence electrons. The Morgan fingerprint density at radius 3 is 2.71 bits per heavy atom. The summed E-state index contributed by atoms with van der Waals surface area (Å²) in [6, 6.07) is 0. The highest BCUT2D eigenvalue weighted by molar-refractivity contribution is 5.77. The molecule has 1 aliphatic carbocycles. The molecule has 1 spiro atoms. The lowest BCUT2D eigenvalue weighted by Crippen LogP contribution is -2.37. The summed E-state index contributed by atoms with van der Waals surface area (Å²) in [5, 5.41) is 3.97. The van der Waals surface area contributed by atoms with Crippen LogP contribution in [0.15, 0.2) is 4.52 Å². The smallest absolute Gasteiger partial charge is 0.232 e. The van der Waals surface area contributed by atoms with E-state index in [-0.39, 0.29) is 11.3 Å². The summed E-state index contributed by atoms with van der Waals surface area (Å²) < 4.78 is 11.1. The van der Waals surface area contributed by atoms with Crippen molar-refractivity contribution in [2.45, 2.75) is 57.8 Å². The van der Waals surface area contributed by atoms with Gasteiger partial charge in [-0.1, -0.05) is 18.0 Å². The lowest BCUT2D eigenvalue weighted by molar-refractivity contribution is -0.131. The molecule has 24 heavy (non-hydrogen) atoms. The maximum Gasteiger partial charge on any atom is 0.232 e. The van der Waals surface area contributed by atoms with Gasteiger partial charge in [-0.3, -0.25) is 4.79 Å². The maximum atomic E-state index is 12.8. The highest BCUT2D eigenvalue weighted by Gasteiger charge is 2.51. The Morgan fingerprint density at radius 2 is 2.04 bits per heavy atom. The van der Waals surface area contributed by atoms with Gasteiger partial charge in [-0.25, -0.2) is 0 Å². The maximum absolute atomic E-state index is 12.8. The Kier molecular flexibility index (Phi) is 4.33. The van der Waals surface area contributed by atoms with E-state index in [0.717, 1.165) is 32.6 Å². The van der Waals surface area contributed by atoms with Crippen LogP contribution in [0.2, 0.25) is 0 Å². The fourth-order valence-corrected chi connectivity index (χ4v) is 4.83. The zero-order chi connectivity index (χ0) is 16.6. The normalized spacial score (nSPS) is 27.2. The standard InChI is InChI=1S/C18H27N3O3/c1-13-19-17(24-20-13)15-11-21(12-18(15)6-8-23-9-7-18)16(22)10-14-4-2-3-5-14/h14-15H,2-12H2,1H3/t15-/m1/s1. The number of hydrogen-bond donors (Lipinski definition) is 0. The van der Waals surface area contributed by atoms with Crippen LogP contribution in [-0.2, 0) is 9.53 Å². The van der Waals surface area contributed by atoms with Crippen LogP contribution in [0.5, 0.6) is 0 Å². The molecule has 2 saturated heterocycles. The molecule has 1 amide bonds. The first kappa shape index (κ1) is 16.1. The zero-order valence-electron chi connectivity index (χ0n) is 14.5. The average Bonchev–Trinajstić information content (AvgIpc) is 3.29. The number of aryl methyl sites for hydroxylation is 1. The summed E-state index contributed by atoms with van der Waals surface area (Å²) in [5.74, 6) is 2.42. The van der Waals surface area contributed by atoms with Crippen LogP contribution >= 0.6 is 0 Å². The topological polar surface area (TPSA) is 68.5 Å². The Balaban J connectivity index is 1.52. The van der Waals surface area contributed by atoms with E-state index in [1.807, 2.05) is 6.92 Å². The second-order valence-corrected chi connectivity index (χ2v) is 7.84. The second-order valence-electron chi connectivity index (χ2n) is 7.84. The van der Waals surface area contributed by atoms with Crippen LogP contribution in [0, 0.1) is 18.3 Å². The molecule has 1 aromatic heterocycles. The van der Waals surface area contributed by atoms with E-state index in [0.29, 0.717) is 36.5 Å². The Bertz CT molecular complexity index is 588. The van der Waals surface area contributed by atoms with Gasteiger partial charge in [-0.05, 0) is 38.5 Å². The van der Waals surface area contributed by atoms with Gasteiger partial charge in [0.15, 0.2) is 5.82 Å². The Morgan fingerprint density at radius 1 is 1.29 bits per heavy atom. The third-order valence-electron chi connectivity index (χ3n) is 6.27. The number of amides is 1. The molecule has 1 atom stereocenters. The van der Waals surface area contributed by atoms with Crippen molar-refractivity contribution in [2.24, 2.45) is 11.3 Å². The molecule has 0 unspecified atom stereocenters. The van der Waals surface area contributed by atoms with Crippen LogP contribution in [-0.4, -0.2) is 47.3 Å². The quantitative estimate of drug-likeness (QED) is 0.850. The van der Waals surface area contributed by atoms with Gasteiger partial charge in [0.05, 0.1) is 5.92 Å². The third kappa shape index (κ3) is 2.96. The van der Waals surface area contributed by atoms with Gasteiger partial charge < -0.3 is 14.2 Å². The average molecular weight is 333 g/mol. The lowest BCUT2D eigenvalue weighted by Gasteiger charge is -2.36. The third-order valence-corrected chi connectivity index (χ3v) is 6.27. The lowest BCUT2D eigenvalue weighted by atomic mass is 9.72. The fourth-order valence-electron chi connectivity index (χ4n) is 4.83. The molecule has 0 aromatic carbocycles. The first-order chi connectivity index (χ1) is 11.7. The summed E-state index contributed by atoms with van der Waals surface area (Å²) in [6.07, 6.45) is 7.63. The first-order valence-electron chi connectivity index (χ1n) is 9.32. The van der Waals surface area contributed by atoms with E-state index in [2.05, 4.69) is 15.0 Å². The molecular formula is C18H27N3O3. The van der Waals surface area contributed by atoms with E-state index in [9.17, 15) is 4.79 Å². The largest absolute Gasteiger partial charge is 0.381 e. The van der Waals surface area contributed by atoms with Crippen molar-refractivity contribution in [3.05, 3.63) is 11.7 Å². The SMILES string of the molecule is Cc1noc([C@H]2CN(C(=O)CC3CCCC3)CC23CCOCC3)n1. The highest BCUT2D eigenvalue weighted by atomic mass is 16.5. The number of carbonyl (C=O) groups is 1. The molecule has 3 fully saturated rings. The molecule has 1 saturated carbocycles. The van der Waals surface area contributed by atoms with Crippen LogP contribution in [0.3, 0.4) is 0 Å². The number of ether oxygens (including phenoxy) is 1. The van der Waals surface area contributed by atoms with Gasteiger partial charge in [0.25, 0.3) is 0 Å². The summed E-state index contributed by atoms with van der Waals surface area (Å²) >= 11 is 0. The molecule has 0 bridgehead atoms. The number of rotatable bonds is 3. The second kappa shape index (κ2) is 6.47. The molecule has 6 heteroatoms. The van der Waals surface area contributed by atoms with E-state index < -0.39 is 0 Å². The molecule has 3 aliphatic rings. The van der Waals surface area contributed by atoms with E-state index in [1.54, 1.807) is 0 Å². The minimum atomic E-state index is 0.0442. The number of carbonyl (C=O) groups excluding carboxylic acids is 1. The van der Waals surface area contributed by atoms with Crippen molar-refractivity contribution < 1.29 is 14.1 Å². The Hall–Kier alpha value is -1.43. The van der Waals surface area contributed by atoms with E-state index in [4.69, 9.17) is 9.26 Å². The minimum absolute atomic E-state index is 0.0442. The van der Waals surface area contributed by atoms with Crippen LogP contribution in [0.4, 0.5) is 0 Å². The van der Waals surface area contributed by atoms with Gasteiger partial charge in [0.2, 0.25) is 11.8 Å². The van der Waals surface area contributed by atoms with Crippen molar-refractivity contribution >= 4 is 5.91 Å². The highest BCUT2D eigenvalue weighted by Crippen LogP contribution is 2.49. The summed E-state index contributed by atoms with van der Waals surface area (Å²) in [4.78, 5) is 19.4. The van der Waals surface area contributed by atoms with E-state index in [1.165, 1.54) is 25.7 Å². The summed E-state index contributed by atoms with van der Waals surface area (Å²) in [5.41, 5.74) is 0.0442. The molecular weight excluding hydrogens is 306 g/mol. The van der Waals surface area contributed by atoms with Crippen molar-refractivity contribution in [3.63, 3.8) is 0 Å². The van der Waals surface area contributed by atoms with Gasteiger partial charge in [-0.15, -0.1) is 0 Å². The predicted octanol–water partition coefficient (Wildman–Crippen LogP) is 2.68. The van der Waals surface area contributed by atoms with Gasteiger partial charge >= 0.3 is 0 Å². The Labute approximate surface area is 142 Å². The van der Waals surface area contributed by atoms with Crippen LogP contribution in [0.1, 0.15) is 62.6 Å². The monoisotopic (exact) mass is 333 g/mol. The molecule has 2 aliphatic heterocycles. The summed E-state index contributed by atoms with van der Waals surface area (Å²) in [6.45, 7) is 4.89.